The smallest absolute Gasteiger partial charge is 0.344 e. The first-order valence-electron chi connectivity index (χ1n) is 9.20. The van der Waals surface area contributed by atoms with Crippen LogP contribution < -0.4 is 15.4 Å². The third kappa shape index (κ3) is 8.11. The molecule has 2 N–H and O–H groups in total. The lowest BCUT2D eigenvalue weighted by molar-refractivity contribution is -0.150. The van der Waals surface area contributed by atoms with Crippen molar-refractivity contribution in [2.24, 2.45) is 0 Å². The average Bonchev–Trinajstić information content (AvgIpc) is 2.62. The van der Waals surface area contributed by atoms with E-state index < -0.39 is 24.5 Å². The summed E-state index contributed by atoms with van der Waals surface area (Å²) in [5.41, 5.74) is 2.31. The van der Waals surface area contributed by atoms with Crippen molar-refractivity contribution in [3.63, 3.8) is 0 Å². The Labute approximate surface area is 160 Å². The number of rotatable bonds is 10. The van der Waals surface area contributed by atoms with E-state index >= 15 is 0 Å². The second-order valence-electron chi connectivity index (χ2n) is 6.70. The summed E-state index contributed by atoms with van der Waals surface area (Å²) >= 11 is 0. The number of hydrogen-bond acceptors (Lipinski definition) is 5. The minimum Gasteiger partial charge on any atom is -0.482 e. The molecule has 7 nitrogen and oxygen atoms in total. The van der Waals surface area contributed by atoms with E-state index in [-0.39, 0.29) is 12.5 Å². The standard InChI is InChI=1S/C20H30N2O5/c1-6-9-21-20(25)15(5)22-18(23)11-27-19(24)12-26-16-7-8-17(13(2)3)14(4)10-16/h7-8,10,13,15H,6,9,11-12H2,1-5H3,(H,21,25)(H,22,23)/t15-/m1/s1. The van der Waals surface area contributed by atoms with Crippen LogP contribution in [0.25, 0.3) is 0 Å². The van der Waals surface area contributed by atoms with Crippen molar-refractivity contribution in [3.05, 3.63) is 29.3 Å². The normalized spacial score (nSPS) is 11.6. The summed E-state index contributed by atoms with van der Waals surface area (Å²) in [5, 5.41) is 5.15. The average molecular weight is 378 g/mol. The van der Waals surface area contributed by atoms with Gasteiger partial charge in [0.15, 0.2) is 13.2 Å². The fourth-order valence-electron chi connectivity index (χ4n) is 2.47. The molecular formula is C20H30N2O5. The summed E-state index contributed by atoms with van der Waals surface area (Å²) in [6.07, 6.45) is 0.809. The molecule has 0 saturated carbocycles. The number of ether oxygens (including phenoxy) is 2. The predicted octanol–water partition coefficient (Wildman–Crippen LogP) is 2.07. The van der Waals surface area contributed by atoms with Crippen LogP contribution in [0.5, 0.6) is 5.75 Å². The van der Waals surface area contributed by atoms with Gasteiger partial charge in [0, 0.05) is 6.54 Å². The zero-order chi connectivity index (χ0) is 20.4. The van der Waals surface area contributed by atoms with Gasteiger partial charge in [0.1, 0.15) is 11.8 Å². The summed E-state index contributed by atoms with van der Waals surface area (Å²) < 4.78 is 10.3. The maximum atomic E-state index is 11.7. The molecule has 0 aliphatic heterocycles. The van der Waals surface area contributed by atoms with Gasteiger partial charge in [0.2, 0.25) is 5.91 Å². The van der Waals surface area contributed by atoms with E-state index in [0.29, 0.717) is 18.2 Å². The first-order valence-corrected chi connectivity index (χ1v) is 9.20. The Hall–Kier alpha value is -2.57. The van der Waals surface area contributed by atoms with Crippen molar-refractivity contribution in [3.8, 4) is 5.75 Å². The van der Waals surface area contributed by atoms with Gasteiger partial charge in [-0.3, -0.25) is 9.59 Å². The van der Waals surface area contributed by atoms with Crippen LogP contribution in [-0.4, -0.2) is 43.6 Å². The van der Waals surface area contributed by atoms with Crippen LogP contribution in [0.1, 0.15) is 51.2 Å². The van der Waals surface area contributed by atoms with E-state index in [1.54, 1.807) is 13.0 Å². The van der Waals surface area contributed by atoms with Crippen LogP contribution in [0.15, 0.2) is 18.2 Å². The molecule has 0 aliphatic carbocycles. The summed E-state index contributed by atoms with van der Waals surface area (Å²) in [7, 11) is 0. The number of esters is 1. The van der Waals surface area contributed by atoms with E-state index in [1.807, 2.05) is 26.0 Å². The molecule has 150 valence electrons. The second-order valence-corrected chi connectivity index (χ2v) is 6.70. The molecule has 1 rings (SSSR count). The van der Waals surface area contributed by atoms with Gasteiger partial charge >= 0.3 is 5.97 Å². The number of hydrogen-bond donors (Lipinski definition) is 2. The van der Waals surface area contributed by atoms with Gasteiger partial charge in [-0.05, 0) is 49.4 Å². The fraction of sp³-hybridized carbons (Fsp3) is 0.550. The second kappa shape index (κ2) is 11.2. The summed E-state index contributed by atoms with van der Waals surface area (Å²) in [6.45, 7) is 9.51. The van der Waals surface area contributed by atoms with Crippen LogP contribution >= 0.6 is 0 Å². The fourth-order valence-corrected chi connectivity index (χ4v) is 2.47. The molecular weight excluding hydrogens is 348 g/mol. The third-order valence-electron chi connectivity index (χ3n) is 3.90. The van der Waals surface area contributed by atoms with Crippen LogP contribution in [0.4, 0.5) is 0 Å². The lowest BCUT2D eigenvalue weighted by Crippen LogP contribution is -2.46. The molecule has 27 heavy (non-hydrogen) atoms. The Morgan fingerprint density at radius 2 is 1.81 bits per heavy atom. The molecule has 0 unspecified atom stereocenters. The van der Waals surface area contributed by atoms with Crippen LogP contribution in [0.3, 0.4) is 0 Å². The quantitative estimate of drug-likeness (QED) is 0.608. The molecule has 1 aromatic rings. The van der Waals surface area contributed by atoms with Crippen molar-refractivity contribution >= 4 is 17.8 Å². The number of benzene rings is 1. The SMILES string of the molecule is CCCNC(=O)[C@@H](C)NC(=O)COC(=O)COc1ccc(C(C)C)c(C)c1. The maximum Gasteiger partial charge on any atom is 0.344 e. The van der Waals surface area contributed by atoms with Gasteiger partial charge in [-0.1, -0.05) is 26.8 Å². The van der Waals surface area contributed by atoms with E-state index in [0.717, 1.165) is 12.0 Å². The number of carbonyl (C=O) groups excluding carboxylic acids is 3. The lowest BCUT2D eigenvalue weighted by atomic mass is 9.98. The third-order valence-corrected chi connectivity index (χ3v) is 3.90. The maximum absolute atomic E-state index is 11.7. The lowest BCUT2D eigenvalue weighted by Gasteiger charge is -2.14. The Balaban J connectivity index is 2.35. The number of carbonyl (C=O) groups is 3. The number of aryl methyl sites for hydroxylation is 1. The molecule has 0 spiro atoms. The molecule has 0 saturated heterocycles. The van der Waals surface area contributed by atoms with E-state index in [4.69, 9.17) is 9.47 Å². The van der Waals surface area contributed by atoms with Crippen molar-refractivity contribution in [1.29, 1.82) is 0 Å². The zero-order valence-electron chi connectivity index (χ0n) is 16.8. The first-order chi connectivity index (χ1) is 12.7. The Kier molecular flexibility index (Phi) is 9.33. The van der Waals surface area contributed by atoms with Crippen LogP contribution in [0.2, 0.25) is 0 Å². The molecule has 0 fully saturated rings. The highest BCUT2D eigenvalue weighted by molar-refractivity contribution is 5.88. The molecule has 0 radical (unpaired) electrons. The highest BCUT2D eigenvalue weighted by Gasteiger charge is 2.16. The van der Waals surface area contributed by atoms with Crippen molar-refractivity contribution in [2.75, 3.05) is 19.8 Å². The molecule has 0 heterocycles. The molecule has 7 heteroatoms. The van der Waals surface area contributed by atoms with Crippen molar-refractivity contribution in [1.82, 2.24) is 10.6 Å². The van der Waals surface area contributed by atoms with Gasteiger partial charge in [0.25, 0.3) is 5.91 Å². The summed E-state index contributed by atoms with van der Waals surface area (Å²) in [4.78, 5) is 35.2. The zero-order valence-corrected chi connectivity index (χ0v) is 16.8. The first kappa shape index (κ1) is 22.5. The van der Waals surface area contributed by atoms with E-state index in [9.17, 15) is 14.4 Å². The van der Waals surface area contributed by atoms with Gasteiger partial charge in [-0.15, -0.1) is 0 Å². The molecule has 1 aromatic carbocycles. The van der Waals surface area contributed by atoms with E-state index in [1.165, 1.54) is 5.56 Å². The Bertz CT molecular complexity index is 658. The van der Waals surface area contributed by atoms with Gasteiger partial charge < -0.3 is 20.1 Å². The topological polar surface area (TPSA) is 93.7 Å². The molecule has 0 bridgehead atoms. The number of amides is 2. The minimum atomic E-state index is -0.693. The minimum absolute atomic E-state index is 0.278. The van der Waals surface area contributed by atoms with Gasteiger partial charge in [-0.2, -0.15) is 0 Å². The largest absolute Gasteiger partial charge is 0.482 e. The summed E-state index contributed by atoms with van der Waals surface area (Å²) in [6, 6.07) is 4.95. The predicted molar refractivity (Wildman–Crippen MR) is 103 cm³/mol. The Morgan fingerprint density at radius 3 is 2.41 bits per heavy atom. The Morgan fingerprint density at radius 1 is 1.11 bits per heavy atom. The molecule has 0 aliphatic rings. The van der Waals surface area contributed by atoms with E-state index in [2.05, 4.69) is 24.5 Å². The molecule has 0 aromatic heterocycles. The summed E-state index contributed by atoms with van der Waals surface area (Å²) in [5.74, 6) is -0.493. The van der Waals surface area contributed by atoms with Crippen molar-refractivity contribution < 1.29 is 23.9 Å². The number of nitrogens with one attached hydrogen (secondary N) is 2. The molecule has 2 amide bonds. The molecule has 1 atom stereocenters. The van der Waals surface area contributed by atoms with Crippen LogP contribution in [0, 0.1) is 6.92 Å². The van der Waals surface area contributed by atoms with Crippen LogP contribution in [-0.2, 0) is 19.1 Å². The van der Waals surface area contributed by atoms with Gasteiger partial charge in [-0.25, -0.2) is 4.79 Å². The van der Waals surface area contributed by atoms with Crippen molar-refractivity contribution in [2.45, 2.75) is 53.0 Å². The highest BCUT2D eigenvalue weighted by atomic mass is 16.6. The monoisotopic (exact) mass is 378 g/mol. The van der Waals surface area contributed by atoms with Gasteiger partial charge in [0.05, 0.1) is 0 Å². The highest BCUT2D eigenvalue weighted by Crippen LogP contribution is 2.23.